The van der Waals surface area contributed by atoms with Gasteiger partial charge in [0.15, 0.2) is 0 Å². The first-order valence-corrected chi connectivity index (χ1v) is 13.9. The van der Waals surface area contributed by atoms with Crippen molar-refractivity contribution in [1.29, 1.82) is 0 Å². The molecule has 0 aliphatic heterocycles. The Kier molecular flexibility index (Phi) is 10.1. The zero-order valence-electron chi connectivity index (χ0n) is 22.0. The fourth-order valence-electron chi connectivity index (χ4n) is 3.48. The van der Waals surface area contributed by atoms with Crippen molar-refractivity contribution in [3.63, 3.8) is 0 Å². The number of nitrogens with zero attached hydrogens (tertiary/aromatic N) is 2. The van der Waals surface area contributed by atoms with Crippen molar-refractivity contribution in [2.75, 3.05) is 31.3 Å². The van der Waals surface area contributed by atoms with Gasteiger partial charge in [0.2, 0.25) is 21.8 Å². The molecule has 2 amide bonds. The summed E-state index contributed by atoms with van der Waals surface area (Å²) in [5.74, 6) is -0.375. The maximum absolute atomic E-state index is 13.7. The molecule has 37 heavy (non-hydrogen) atoms. The van der Waals surface area contributed by atoms with E-state index in [0.717, 1.165) is 10.6 Å². The first kappa shape index (κ1) is 30.5. The van der Waals surface area contributed by atoms with Gasteiger partial charge in [0.05, 0.1) is 26.2 Å². The van der Waals surface area contributed by atoms with E-state index in [1.54, 1.807) is 25.1 Å². The number of nitrogens with one attached hydrogen (secondary N) is 1. The smallest absolute Gasteiger partial charge is 0.244 e. The second kappa shape index (κ2) is 12.2. The van der Waals surface area contributed by atoms with Gasteiger partial charge in [-0.3, -0.25) is 13.9 Å². The molecule has 0 unspecified atom stereocenters. The largest absolute Gasteiger partial charge is 0.497 e. The van der Waals surface area contributed by atoms with Crippen molar-refractivity contribution in [3.05, 3.63) is 52.0 Å². The van der Waals surface area contributed by atoms with Crippen molar-refractivity contribution >= 4 is 50.7 Å². The van der Waals surface area contributed by atoms with Crippen LogP contribution in [0.25, 0.3) is 0 Å². The lowest BCUT2D eigenvalue weighted by molar-refractivity contribution is -0.140. The number of halogens is 2. The van der Waals surface area contributed by atoms with Gasteiger partial charge in [-0.15, -0.1) is 0 Å². The molecule has 2 aromatic carbocycles. The van der Waals surface area contributed by atoms with E-state index in [4.69, 9.17) is 32.7 Å². The van der Waals surface area contributed by atoms with Gasteiger partial charge < -0.3 is 19.7 Å². The number of methoxy groups -OCH3 is 2. The second-order valence-corrected chi connectivity index (χ2v) is 12.2. The molecule has 0 aliphatic rings. The number of carbonyl (C=O) groups excluding carboxylic acids is 2. The Morgan fingerprint density at radius 2 is 1.70 bits per heavy atom. The van der Waals surface area contributed by atoms with Gasteiger partial charge in [-0.25, -0.2) is 8.42 Å². The Balaban J connectivity index is 2.51. The summed E-state index contributed by atoms with van der Waals surface area (Å²) in [7, 11) is -1.09. The third-order valence-electron chi connectivity index (χ3n) is 5.36. The van der Waals surface area contributed by atoms with Crippen LogP contribution in [-0.4, -0.2) is 63.7 Å². The minimum atomic E-state index is -3.94. The lowest BCUT2D eigenvalue weighted by Crippen LogP contribution is -2.54. The Hall–Kier alpha value is -2.69. The summed E-state index contributed by atoms with van der Waals surface area (Å²) in [6.45, 7) is 6.40. The van der Waals surface area contributed by atoms with Crippen LogP contribution in [0.2, 0.25) is 10.0 Å². The molecule has 2 aromatic rings. The van der Waals surface area contributed by atoms with Crippen LogP contribution in [0.5, 0.6) is 11.5 Å². The van der Waals surface area contributed by atoms with Crippen LogP contribution in [0, 0.1) is 0 Å². The molecule has 12 heteroatoms. The third kappa shape index (κ3) is 8.41. The highest BCUT2D eigenvalue weighted by molar-refractivity contribution is 7.92. The first-order valence-electron chi connectivity index (χ1n) is 11.3. The predicted molar refractivity (Wildman–Crippen MR) is 146 cm³/mol. The lowest BCUT2D eigenvalue weighted by Gasteiger charge is -2.33. The Morgan fingerprint density at radius 3 is 2.22 bits per heavy atom. The van der Waals surface area contributed by atoms with Crippen LogP contribution in [-0.2, 0) is 26.2 Å². The second-order valence-electron chi connectivity index (χ2n) is 9.48. The van der Waals surface area contributed by atoms with Crippen LogP contribution in [0.1, 0.15) is 33.3 Å². The molecule has 204 valence electrons. The Morgan fingerprint density at radius 1 is 1.05 bits per heavy atom. The molecule has 9 nitrogen and oxygen atoms in total. The monoisotopic (exact) mass is 573 g/mol. The van der Waals surface area contributed by atoms with Crippen molar-refractivity contribution in [2.45, 2.75) is 45.8 Å². The molecule has 0 saturated carbocycles. The third-order valence-corrected chi connectivity index (χ3v) is 7.07. The molecule has 0 fully saturated rings. The summed E-state index contributed by atoms with van der Waals surface area (Å²) < 4.78 is 37.1. The maximum Gasteiger partial charge on any atom is 0.244 e. The van der Waals surface area contributed by atoms with E-state index in [1.165, 1.54) is 37.3 Å². The van der Waals surface area contributed by atoms with Crippen LogP contribution in [0.3, 0.4) is 0 Å². The molecule has 0 bridgehead atoms. The minimum absolute atomic E-state index is 0.0507. The number of benzene rings is 2. The maximum atomic E-state index is 13.7. The van der Waals surface area contributed by atoms with Crippen LogP contribution in [0.15, 0.2) is 36.4 Å². The van der Waals surface area contributed by atoms with Gasteiger partial charge >= 0.3 is 0 Å². The number of hydrogen-bond acceptors (Lipinski definition) is 6. The average molecular weight is 575 g/mol. The molecular weight excluding hydrogens is 541 g/mol. The van der Waals surface area contributed by atoms with Gasteiger partial charge in [0, 0.05) is 28.2 Å². The van der Waals surface area contributed by atoms with Crippen molar-refractivity contribution in [2.24, 2.45) is 0 Å². The van der Waals surface area contributed by atoms with E-state index in [0.29, 0.717) is 21.4 Å². The number of ether oxygens (including phenoxy) is 2. The number of anilines is 1. The van der Waals surface area contributed by atoms with Crippen LogP contribution < -0.4 is 19.1 Å². The molecule has 0 spiro atoms. The highest BCUT2D eigenvalue weighted by Gasteiger charge is 2.32. The first-order chi connectivity index (χ1) is 17.1. The SMILES string of the molecule is COc1ccc(N(CC(=O)N(Cc2ccc(Cl)cc2Cl)[C@H](C)C(=O)NC(C)(C)C)S(C)(=O)=O)c(OC)c1. The summed E-state index contributed by atoms with van der Waals surface area (Å²) in [6, 6.07) is 8.43. The van der Waals surface area contributed by atoms with Crippen molar-refractivity contribution < 1.29 is 27.5 Å². The predicted octanol–water partition coefficient (Wildman–Crippen LogP) is 4.11. The number of amides is 2. The summed E-state index contributed by atoms with van der Waals surface area (Å²) >= 11 is 12.4. The highest BCUT2D eigenvalue weighted by Crippen LogP contribution is 2.34. The summed E-state index contributed by atoms with van der Waals surface area (Å²) in [5.41, 5.74) is 0.144. The van der Waals surface area contributed by atoms with Gasteiger partial charge in [0.25, 0.3) is 0 Å². The fraction of sp³-hybridized carbons (Fsp3) is 0.440. The van der Waals surface area contributed by atoms with Gasteiger partial charge in [0.1, 0.15) is 24.1 Å². The quantitative estimate of drug-likeness (QED) is 0.458. The summed E-state index contributed by atoms with van der Waals surface area (Å²) in [6.07, 6.45) is 0.986. The van der Waals surface area contributed by atoms with Crippen molar-refractivity contribution in [1.82, 2.24) is 10.2 Å². The zero-order chi connectivity index (χ0) is 28.1. The summed E-state index contributed by atoms with van der Waals surface area (Å²) in [5, 5.41) is 3.58. The Labute approximate surface area is 228 Å². The molecular formula is C25H33Cl2N3O6S. The van der Waals surface area contributed by atoms with Gasteiger partial charge in [-0.2, -0.15) is 0 Å². The molecule has 0 aliphatic carbocycles. The van der Waals surface area contributed by atoms with Gasteiger partial charge in [-0.1, -0.05) is 29.3 Å². The highest BCUT2D eigenvalue weighted by atomic mass is 35.5. The Bertz CT molecular complexity index is 1250. The summed E-state index contributed by atoms with van der Waals surface area (Å²) in [4.78, 5) is 28.0. The molecule has 1 atom stereocenters. The topological polar surface area (TPSA) is 105 Å². The minimum Gasteiger partial charge on any atom is -0.497 e. The average Bonchev–Trinajstić information content (AvgIpc) is 2.79. The van der Waals surface area contributed by atoms with Crippen molar-refractivity contribution in [3.8, 4) is 11.5 Å². The number of carbonyl (C=O) groups is 2. The molecule has 2 rings (SSSR count). The van der Waals surface area contributed by atoms with E-state index in [-0.39, 0.29) is 18.0 Å². The van der Waals surface area contributed by atoms with E-state index < -0.39 is 40.0 Å². The number of sulfonamides is 1. The van der Waals surface area contributed by atoms with E-state index in [9.17, 15) is 18.0 Å². The van der Waals surface area contributed by atoms with E-state index in [2.05, 4.69) is 5.32 Å². The number of hydrogen-bond donors (Lipinski definition) is 1. The molecule has 1 N–H and O–H groups in total. The van der Waals surface area contributed by atoms with Crippen LogP contribution >= 0.6 is 23.2 Å². The number of rotatable bonds is 10. The molecule has 0 radical (unpaired) electrons. The molecule has 0 heterocycles. The standard InChI is InChI=1S/C25H33Cl2N3O6S/c1-16(24(32)28-25(2,3)4)29(14-17-8-9-18(26)12-20(17)27)23(31)15-30(37(7,33)34)21-11-10-19(35-5)13-22(21)36-6/h8-13,16H,14-15H2,1-7H3,(H,28,32)/t16-/m1/s1. The molecule has 0 aromatic heterocycles. The molecule has 0 saturated heterocycles. The fourth-order valence-corrected chi connectivity index (χ4v) is 4.80. The van der Waals surface area contributed by atoms with Gasteiger partial charge in [-0.05, 0) is 57.5 Å². The lowest BCUT2D eigenvalue weighted by atomic mass is 10.1. The van der Waals surface area contributed by atoms with E-state index in [1.807, 2.05) is 20.8 Å². The van der Waals surface area contributed by atoms with Crippen LogP contribution in [0.4, 0.5) is 5.69 Å². The normalized spacial score (nSPS) is 12.5. The zero-order valence-corrected chi connectivity index (χ0v) is 24.3. The van der Waals surface area contributed by atoms with E-state index >= 15 is 0 Å².